The van der Waals surface area contributed by atoms with Gasteiger partial charge in [-0.1, -0.05) is 24.3 Å². The Bertz CT molecular complexity index is 1300. The van der Waals surface area contributed by atoms with Crippen LogP contribution in [-0.4, -0.2) is 64.7 Å². The second kappa shape index (κ2) is 9.72. The average Bonchev–Trinajstić information content (AvgIpc) is 3.28. The first-order chi connectivity index (χ1) is 16.6. The lowest BCUT2D eigenvalue weighted by Crippen LogP contribution is -2.44. The molecule has 3 N–H and O–H groups in total. The number of pyridine rings is 1. The number of hydrogen-bond acceptors (Lipinski definition) is 8. The Balaban J connectivity index is 1.64. The quantitative estimate of drug-likeness (QED) is 0.346. The normalized spacial score (nSPS) is 14.3. The van der Waals surface area contributed by atoms with E-state index in [1.165, 1.54) is 0 Å². The third-order valence-corrected chi connectivity index (χ3v) is 6.80. The number of nitrogens with zero attached hydrogens (tertiary/aromatic N) is 4. The molecule has 1 saturated heterocycles. The van der Waals surface area contributed by atoms with Crippen molar-refractivity contribution in [2.45, 2.75) is 12.7 Å². The van der Waals surface area contributed by atoms with E-state index in [1.807, 2.05) is 42.7 Å². The Morgan fingerprint density at radius 1 is 1.00 bits per heavy atom. The third-order valence-electron chi connectivity index (χ3n) is 6.15. The maximum absolute atomic E-state index is 9.29. The van der Waals surface area contributed by atoms with Crippen LogP contribution in [0.2, 0.25) is 0 Å². The fourth-order valence-corrected chi connectivity index (χ4v) is 5.01. The summed E-state index contributed by atoms with van der Waals surface area (Å²) in [7, 11) is 1.32. The zero-order valence-electron chi connectivity index (χ0n) is 19.2. The molecule has 0 unspecified atom stereocenters. The standard InChI is InChI=1S/C24H28N5O4P/c1-32-20-11-18-19(12-21(20)33-2)27-24(28-9-7-25-8-10-28)22-23(18)29(15-26-22)13-16-3-5-17(6-4-16)14-34(30)31/h3-6,11-12,15,25,30-31H,7-10,13-14H2,1-2H3. The first-order valence-corrected chi connectivity index (χ1v) is 12.6. The Morgan fingerprint density at radius 3 is 2.35 bits per heavy atom. The van der Waals surface area contributed by atoms with E-state index in [1.54, 1.807) is 14.2 Å². The van der Waals surface area contributed by atoms with E-state index in [-0.39, 0.29) is 6.16 Å². The number of nitrogens with one attached hydrogen (secondary N) is 1. The lowest BCUT2D eigenvalue weighted by molar-refractivity contribution is 0.356. The molecule has 2 aromatic heterocycles. The SMILES string of the molecule is COc1cc2nc(N3CCNCC3)c3ncn(Cc4ccc(CP(O)O)cc4)c3c2cc1OC. The fraction of sp³-hybridized carbons (Fsp3) is 0.333. The number of rotatable bonds is 7. The molecule has 0 bridgehead atoms. The third kappa shape index (κ3) is 4.40. The lowest BCUT2D eigenvalue weighted by Gasteiger charge is -2.29. The van der Waals surface area contributed by atoms with Gasteiger partial charge in [-0.05, 0) is 17.2 Å². The second-order valence-corrected chi connectivity index (χ2v) is 9.37. The summed E-state index contributed by atoms with van der Waals surface area (Å²) in [5.41, 5.74) is 4.69. The van der Waals surface area contributed by atoms with Crippen LogP contribution in [0.1, 0.15) is 11.1 Å². The molecule has 0 saturated carbocycles. The van der Waals surface area contributed by atoms with Gasteiger partial charge in [0, 0.05) is 50.3 Å². The van der Waals surface area contributed by atoms with Gasteiger partial charge in [0.2, 0.25) is 0 Å². The van der Waals surface area contributed by atoms with Crippen molar-refractivity contribution in [1.82, 2.24) is 19.9 Å². The summed E-state index contributed by atoms with van der Waals surface area (Å²) < 4.78 is 13.3. The van der Waals surface area contributed by atoms with Gasteiger partial charge < -0.3 is 34.0 Å². The molecule has 3 heterocycles. The largest absolute Gasteiger partial charge is 0.493 e. The summed E-state index contributed by atoms with van der Waals surface area (Å²) in [6, 6.07) is 11.8. The molecule has 1 fully saturated rings. The molecule has 178 valence electrons. The molecule has 5 rings (SSSR count). The minimum atomic E-state index is -1.94. The molecule has 0 atom stereocenters. The van der Waals surface area contributed by atoms with Crippen molar-refractivity contribution in [2.75, 3.05) is 45.3 Å². The maximum atomic E-state index is 9.29. The molecule has 34 heavy (non-hydrogen) atoms. The molecule has 0 aliphatic carbocycles. The molecular formula is C24H28N5O4P. The molecule has 1 aliphatic rings. The highest BCUT2D eigenvalue weighted by molar-refractivity contribution is 7.44. The fourth-order valence-electron chi connectivity index (χ4n) is 4.47. The summed E-state index contributed by atoms with van der Waals surface area (Å²) in [5.74, 6) is 2.17. The zero-order chi connectivity index (χ0) is 23.7. The highest BCUT2D eigenvalue weighted by Crippen LogP contribution is 2.38. The van der Waals surface area contributed by atoms with E-state index in [0.29, 0.717) is 18.0 Å². The zero-order valence-corrected chi connectivity index (χ0v) is 20.1. The Kier molecular flexibility index (Phi) is 6.52. The van der Waals surface area contributed by atoms with Gasteiger partial charge in [0.25, 0.3) is 0 Å². The van der Waals surface area contributed by atoms with Gasteiger partial charge in [0.05, 0.1) is 31.6 Å². The Morgan fingerprint density at radius 2 is 1.68 bits per heavy atom. The molecule has 1 aliphatic heterocycles. The Hall–Kier alpha value is -2.97. The number of hydrogen-bond donors (Lipinski definition) is 3. The topological polar surface area (TPSA) is 105 Å². The highest BCUT2D eigenvalue weighted by atomic mass is 31.2. The van der Waals surface area contributed by atoms with Crippen LogP contribution in [0.25, 0.3) is 21.9 Å². The van der Waals surface area contributed by atoms with Crippen molar-refractivity contribution in [2.24, 2.45) is 0 Å². The van der Waals surface area contributed by atoms with Crippen LogP contribution in [0.3, 0.4) is 0 Å². The van der Waals surface area contributed by atoms with Gasteiger partial charge >= 0.3 is 0 Å². The van der Waals surface area contributed by atoms with Crippen molar-refractivity contribution >= 4 is 36.1 Å². The van der Waals surface area contributed by atoms with E-state index < -0.39 is 8.38 Å². The van der Waals surface area contributed by atoms with Crippen LogP contribution in [0, 0.1) is 0 Å². The number of piperazine rings is 1. The van der Waals surface area contributed by atoms with E-state index in [9.17, 15) is 9.79 Å². The van der Waals surface area contributed by atoms with Gasteiger partial charge in [-0.25, -0.2) is 9.97 Å². The van der Waals surface area contributed by atoms with Crippen LogP contribution in [0.4, 0.5) is 5.82 Å². The van der Waals surface area contributed by atoms with Crippen LogP contribution in [0.5, 0.6) is 11.5 Å². The van der Waals surface area contributed by atoms with Gasteiger partial charge in [-0.15, -0.1) is 0 Å². The number of aromatic nitrogens is 3. The van der Waals surface area contributed by atoms with Crippen molar-refractivity contribution in [3.8, 4) is 11.5 Å². The summed E-state index contributed by atoms with van der Waals surface area (Å²) >= 11 is 0. The summed E-state index contributed by atoms with van der Waals surface area (Å²) in [6.45, 7) is 4.17. The number of fused-ring (bicyclic) bond motifs is 3. The Labute approximate surface area is 198 Å². The number of methoxy groups -OCH3 is 2. The summed E-state index contributed by atoms with van der Waals surface area (Å²) in [4.78, 5) is 30.7. The van der Waals surface area contributed by atoms with Crippen molar-refractivity contribution in [3.63, 3.8) is 0 Å². The number of imidazole rings is 1. The number of ether oxygens (including phenoxy) is 2. The van der Waals surface area contributed by atoms with E-state index in [0.717, 1.165) is 65.1 Å². The van der Waals surface area contributed by atoms with Gasteiger partial charge in [0.15, 0.2) is 25.7 Å². The predicted octanol–water partition coefficient (Wildman–Crippen LogP) is 2.86. The predicted molar refractivity (Wildman–Crippen MR) is 134 cm³/mol. The molecule has 0 amide bonds. The highest BCUT2D eigenvalue weighted by Gasteiger charge is 2.22. The van der Waals surface area contributed by atoms with Gasteiger partial charge in [-0.2, -0.15) is 0 Å². The first kappa shape index (κ1) is 22.8. The van der Waals surface area contributed by atoms with E-state index in [2.05, 4.69) is 14.8 Å². The summed E-state index contributed by atoms with van der Waals surface area (Å²) in [6.07, 6.45) is 2.14. The van der Waals surface area contributed by atoms with Gasteiger partial charge in [0.1, 0.15) is 5.52 Å². The maximum Gasteiger partial charge on any atom is 0.169 e. The first-order valence-electron chi connectivity index (χ1n) is 11.2. The molecule has 0 radical (unpaired) electrons. The average molecular weight is 481 g/mol. The van der Waals surface area contributed by atoms with Crippen LogP contribution in [0.15, 0.2) is 42.7 Å². The van der Waals surface area contributed by atoms with Crippen LogP contribution >= 0.6 is 8.38 Å². The van der Waals surface area contributed by atoms with E-state index in [4.69, 9.17) is 19.4 Å². The molecule has 4 aromatic rings. The van der Waals surface area contributed by atoms with E-state index >= 15 is 0 Å². The lowest BCUT2D eigenvalue weighted by atomic mass is 10.1. The molecule has 9 nitrogen and oxygen atoms in total. The number of benzene rings is 2. The van der Waals surface area contributed by atoms with Crippen LogP contribution in [-0.2, 0) is 12.7 Å². The van der Waals surface area contributed by atoms with Crippen molar-refractivity contribution in [3.05, 3.63) is 53.9 Å². The molecule has 10 heteroatoms. The van der Waals surface area contributed by atoms with Crippen LogP contribution < -0.4 is 19.7 Å². The van der Waals surface area contributed by atoms with Crippen molar-refractivity contribution in [1.29, 1.82) is 0 Å². The number of anilines is 1. The summed E-state index contributed by atoms with van der Waals surface area (Å²) in [5, 5.41) is 4.35. The monoisotopic (exact) mass is 481 g/mol. The molecular weight excluding hydrogens is 453 g/mol. The van der Waals surface area contributed by atoms with Crippen molar-refractivity contribution < 1.29 is 19.3 Å². The molecule has 0 spiro atoms. The second-order valence-electron chi connectivity index (χ2n) is 8.31. The smallest absolute Gasteiger partial charge is 0.169 e. The minimum Gasteiger partial charge on any atom is -0.493 e. The van der Waals surface area contributed by atoms with Gasteiger partial charge in [-0.3, -0.25) is 0 Å². The minimum absolute atomic E-state index is 0.273. The molecule has 2 aromatic carbocycles.